The third kappa shape index (κ3) is 3.28. The van der Waals surface area contributed by atoms with Gasteiger partial charge in [0.15, 0.2) is 0 Å². The molecule has 45 heavy (non-hydrogen) atoms. The molecule has 9 rings (SSSR count). The second kappa shape index (κ2) is 9.31. The molecule has 0 aliphatic rings. The lowest BCUT2D eigenvalue weighted by molar-refractivity contribution is 1.07. The van der Waals surface area contributed by atoms with Crippen LogP contribution in [0, 0.1) is 36.5 Å². The van der Waals surface area contributed by atoms with E-state index in [-0.39, 0.29) is 0 Å². The standard InChI is InChI=1S/C40H24N4S/c1-23-32(22-42)38(24(2)31(21-41)37(23)43-33-15-7-3-11-25(33)26-12-4-8-16-34(26)43)44-35-17-9-5-13-27(35)29-19-20-30-28-14-6-10-18-36(28)45-40(30)39(29)44/h3-20H,1-2H3. The third-order valence-electron chi connectivity index (χ3n) is 9.36. The van der Waals surface area contributed by atoms with Gasteiger partial charge in [-0.15, -0.1) is 11.3 Å². The van der Waals surface area contributed by atoms with E-state index in [1.54, 1.807) is 11.3 Å². The van der Waals surface area contributed by atoms with Crippen LogP contribution >= 0.6 is 11.3 Å². The number of nitriles is 2. The van der Waals surface area contributed by atoms with Crippen molar-refractivity contribution in [3.05, 3.63) is 131 Å². The molecule has 6 aromatic carbocycles. The fraction of sp³-hybridized carbons (Fsp3) is 0.0500. The van der Waals surface area contributed by atoms with Crippen LogP contribution in [-0.4, -0.2) is 9.13 Å². The van der Waals surface area contributed by atoms with E-state index in [4.69, 9.17) is 0 Å². The fourth-order valence-electron chi connectivity index (χ4n) is 7.43. The lowest BCUT2D eigenvalue weighted by Crippen LogP contribution is -2.10. The predicted molar refractivity (Wildman–Crippen MR) is 187 cm³/mol. The minimum atomic E-state index is 0.572. The summed E-state index contributed by atoms with van der Waals surface area (Å²) in [7, 11) is 0. The Morgan fingerprint density at radius 1 is 0.489 bits per heavy atom. The van der Waals surface area contributed by atoms with Crippen LogP contribution in [0.4, 0.5) is 0 Å². The Kier molecular flexibility index (Phi) is 5.30. The molecular weight excluding hydrogens is 569 g/mol. The molecule has 210 valence electrons. The Bertz CT molecular complexity index is 2760. The molecule has 0 saturated heterocycles. The number of para-hydroxylation sites is 3. The molecule has 0 aliphatic heterocycles. The molecule has 4 nitrogen and oxygen atoms in total. The highest BCUT2D eigenvalue weighted by atomic mass is 32.1. The first-order valence-corrected chi connectivity index (χ1v) is 15.7. The lowest BCUT2D eigenvalue weighted by Gasteiger charge is -2.22. The number of rotatable bonds is 2. The molecule has 0 spiro atoms. The highest BCUT2D eigenvalue weighted by Gasteiger charge is 2.27. The van der Waals surface area contributed by atoms with Crippen molar-refractivity contribution in [1.82, 2.24) is 9.13 Å². The summed E-state index contributed by atoms with van der Waals surface area (Å²) >= 11 is 1.78. The number of fused-ring (bicyclic) bond motifs is 10. The van der Waals surface area contributed by atoms with Crippen LogP contribution in [-0.2, 0) is 0 Å². The summed E-state index contributed by atoms with van der Waals surface area (Å²) in [5, 5.41) is 28.8. The topological polar surface area (TPSA) is 57.4 Å². The summed E-state index contributed by atoms with van der Waals surface area (Å²) in [5.41, 5.74) is 8.37. The van der Waals surface area contributed by atoms with Gasteiger partial charge in [0.25, 0.3) is 0 Å². The number of aromatic nitrogens is 2. The van der Waals surface area contributed by atoms with E-state index in [1.807, 2.05) is 44.2 Å². The van der Waals surface area contributed by atoms with Gasteiger partial charge in [0.1, 0.15) is 12.1 Å². The summed E-state index contributed by atoms with van der Waals surface area (Å²) in [5.74, 6) is 0. The van der Waals surface area contributed by atoms with Gasteiger partial charge in [-0.2, -0.15) is 10.5 Å². The van der Waals surface area contributed by atoms with Crippen molar-refractivity contribution in [2.45, 2.75) is 13.8 Å². The monoisotopic (exact) mass is 592 g/mol. The maximum Gasteiger partial charge on any atom is 0.102 e. The van der Waals surface area contributed by atoms with E-state index in [2.05, 4.69) is 100 Å². The van der Waals surface area contributed by atoms with Gasteiger partial charge in [-0.3, -0.25) is 0 Å². The maximum atomic E-state index is 11.0. The molecule has 0 unspecified atom stereocenters. The van der Waals surface area contributed by atoms with E-state index >= 15 is 0 Å². The molecule has 0 N–H and O–H groups in total. The molecule has 0 bridgehead atoms. The SMILES string of the molecule is Cc1c(C#N)c(-n2c3ccccc3c3ccc4c5ccccc5sc4c32)c(C)c(C#N)c1-n1c2ccccc2c2ccccc21. The average molecular weight is 593 g/mol. The van der Waals surface area contributed by atoms with Crippen LogP contribution in [0.5, 0.6) is 0 Å². The third-order valence-corrected chi connectivity index (χ3v) is 10.6. The van der Waals surface area contributed by atoms with Crippen LogP contribution in [0.2, 0.25) is 0 Å². The molecule has 0 atom stereocenters. The molecule has 0 radical (unpaired) electrons. The zero-order chi connectivity index (χ0) is 30.4. The minimum Gasteiger partial charge on any atom is -0.308 e. The Hall–Kier alpha value is -5.88. The summed E-state index contributed by atoms with van der Waals surface area (Å²) in [4.78, 5) is 0. The van der Waals surface area contributed by atoms with Crippen LogP contribution in [0.1, 0.15) is 22.3 Å². The first-order chi connectivity index (χ1) is 22.1. The fourth-order valence-corrected chi connectivity index (χ4v) is 8.67. The first-order valence-electron chi connectivity index (χ1n) is 14.9. The molecule has 3 heterocycles. The van der Waals surface area contributed by atoms with Crippen LogP contribution in [0.3, 0.4) is 0 Å². The number of hydrogen-bond donors (Lipinski definition) is 0. The van der Waals surface area contributed by atoms with Crippen molar-refractivity contribution < 1.29 is 0 Å². The van der Waals surface area contributed by atoms with Gasteiger partial charge >= 0.3 is 0 Å². The van der Waals surface area contributed by atoms with E-state index in [0.717, 1.165) is 66.1 Å². The molecule has 0 saturated carbocycles. The Morgan fingerprint density at radius 3 is 1.51 bits per heavy atom. The van der Waals surface area contributed by atoms with Crippen molar-refractivity contribution in [3.63, 3.8) is 0 Å². The second-order valence-electron chi connectivity index (χ2n) is 11.6. The van der Waals surface area contributed by atoms with E-state index in [1.165, 1.54) is 20.2 Å². The summed E-state index contributed by atoms with van der Waals surface area (Å²) in [6.07, 6.45) is 0. The molecule has 3 aromatic heterocycles. The van der Waals surface area contributed by atoms with E-state index in [9.17, 15) is 10.5 Å². The Labute approximate surface area is 262 Å². The van der Waals surface area contributed by atoms with Crippen molar-refractivity contribution >= 4 is 75.1 Å². The molecule has 0 aliphatic carbocycles. The van der Waals surface area contributed by atoms with Gasteiger partial charge in [0, 0.05) is 37.0 Å². The van der Waals surface area contributed by atoms with Crippen molar-refractivity contribution in [2.24, 2.45) is 0 Å². The number of nitrogens with zero attached hydrogens (tertiary/aromatic N) is 4. The molecular formula is C40H24N4S. The zero-order valence-electron chi connectivity index (χ0n) is 24.6. The summed E-state index contributed by atoms with van der Waals surface area (Å²) in [6.45, 7) is 3.99. The number of hydrogen-bond acceptors (Lipinski definition) is 3. The summed E-state index contributed by atoms with van der Waals surface area (Å²) in [6, 6.07) is 43.1. The minimum absolute atomic E-state index is 0.572. The maximum absolute atomic E-state index is 11.0. The Morgan fingerprint density at radius 2 is 0.933 bits per heavy atom. The van der Waals surface area contributed by atoms with Gasteiger partial charge in [0.2, 0.25) is 0 Å². The highest BCUT2D eigenvalue weighted by molar-refractivity contribution is 7.26. The largest absolute Gasteiger partial charge is 0.308 e. The molecule has 5 heteroatoms. The molecule has 0 fully saturated rings. The van der Waals surface area contributed by atoms with Crippen LogP contribution in [0.25, 0.3) is 75.2 Å². The lowest BCUT2D eigenvalue weighted by atomic mass is 9.94. The smallest absolute Gasteiger partial charge is 0.102 e. The van der Waals surface area contributed by atoms with Crippen molar-refractivity contribution in [1.29, 1.82) is 10.5 Å². The molecule has 9 aromatic rings. The first kappa shape index (κ1) is 25.6. The normalized spacial score (nSPS) is 11.7. The number of benzene rings is 6. The predicted octanol–water partition coefficient (Wildman–Crippen LogP) is 10.6. The quantitative estimate of drug-likeness (QED) is 0.200. The van der Waals surface area contributed by atoms with Gasteiger partial charge in [-0.25, -0.2) is 0 Å². The van der Waals surface area contributed by atoms with Crippen LogP contribution < -0.4 is 0 Å². The van der Waals surface area contributed by atoms with Gasteiger partial charge in [-0.1, -0.05) is 84.9 Å². The van der Waals surface area contributed by atoms with E-state index in [0.29, 0.717) is 11.1 Å². The van der Waals surface area contributed by atoms with Gasteiger partial charge in [-0.05, 0) is 49.2 Å². The highest BCUT2D eigenvalue weighted by Crippen LogP contribution is 2.45. The number of thiophene rings is 1. The summed E-state index contributed by atoms with van der Waals surface area (Å²) < 4.78 is 6.83. The van der Waals surface area contributed by atoms with Gasteiger partial charge in [0.05, 0.1) is 49.3 Å². The average Bonchev–Trinajstić information content (AvgIpc) is 3.73. The van der Waals surface area contributed by atoms with Crippen LogP contribution in [0.15, 0.2) is 109 Å². The second-order valence-corrected chi connectivity index (χ2v) is 12.6. The van der Waals surface area contributed by atoms with Gasteiger partial charge < -0.3 is 9.13 Å². The van der Waals surface area contributed by atoms with Crippen molar-refractivity contribution in [2.75, 3.05) is 0 Å². The Balaban J connectivity index is 1.48. The zero-order valence-corrected chi connectivity index (χ0v) is 25.4. The van der Waals surface area contributed by atoms with E-state index < -0.39 is 0 Å². The molecule has 0 amide bonds. The van der Waals surface area contributed by atoms with Crippen molar-refractivity contribution in [3.8, 4) is 23.5 Å².